The number of nitrogens with one attached hydrogen (secondary N) is 8. The van der Waals surface area contributed by atoms with E-state index in [-0.39, 0.29) is 30.8 Å². The highest BCUT2D eigenvalue weighted by Crippen LogP contribution is 2.20. The van der Waals surface area contributed by atoms with E-state index < -0.39 is 89.7 Å². The molecule has 1 saturated heterocycles. The molecular weight excluding hydrogens is 787 g/mol. The fourth-order valence-corrected chi connectivity index (χ4v) is 6.87. The molecule has 0 spiro atoms. The normalized spacial score (nSPS) is 25.2. The van der Waals surface area contributed by atoms with Crippen LogP contribution in [0.5, 0.6) is 0 Å². The van der Waals surface area contributed by atoms with Crippen molar-refractivity contribution in [3.63, 3.8) is 0 Å². The summed E-state index contributed by atoms with van der Waals surface area (Å²) in [5.41, 5.74) is 7.87. The number of unbranched alkanes of at least 4 members (excludes halogenated alkanes) is 1. The van der Waals surface area contributed by atoms with E-state index in [2.05, 4.69) is 67.5 Å². The van der Waals surface area contributed by atoms with Crippen LogP contribution in [0.3, 0.4) is 0 Å². The number of aromatic amines is 1. The monoisotopic (exact) mass is 839 g/mol. The summed E-state index contributed by atoms with van der Waals surface area (Å²) in [6, 6.07) is 7.02. The number of H-pyrrole nitrogens is 1. The van der Waals surface area contributed by atoms with Gasteiger partial charge >= 0.3 is 0 Å². The molecule has 1 aliphatic rings. The first-order valence-corrected chi connectivity index (χ1v) is 20.3. The van der Waals surface area contributed by atoms with Gasteiger partial charge in [0.1, 0.15) is 42.3 Å². The topological polar surface area (TPSA) is 266 Å². The Morgan fingerprint density at radius 1 is 0.621 bits per heavy atom. The van der Waals surface area contributed by atoms with Crippen molar-refractivity contribution < 1.29 is 38.7 Å². The van der Waals surface area contributed by atoms with Crippen LogP contribution >= 0.6 is 25.3 Å². The van der Waals surface area contributed by atoms with E-state index in [1.54, 1.807) is 36.5 Å². The standard InChI is InChI=1S/C39H53N9O8S2/c1-21-33(50)46-31(20-58)38(55)44-28(16-23-10-4-3-5-11-23)35(52)45-29(17-24-18-41-26-13-7-6-12-25(24)26)36(53)43-27(14-8-9-15-40)34(51)48-32(22(2)49)39(56)47-30(19-57)37(54)42-21/h3-7,10-13,18,21-22,27-32,41,49,57-58H,8-9,14-17,19-20,40H2,1-2H3,(H,42,54)(H,43,53)(H,44,55)(H,45,52)(H,46,50)(H,47,56)(H,48,51)/t21-,22+,27-,28-,29+,30-,31-,32-/m0/s1. The number of hydrogen-bond acceptors (Lipinski definition) is 11. The van der Waals surface area contributed by atoms with E-state index in [4.69, 9.17) is 5.73 Å². The Morgan fingerprint density at radius 2 is 1.14 bits per heavy atom. The second-order valence-corrected chi connectivity index (χ2v) is 14.9. The maximum atomic E-state index is 14.4. The first-order valence-electron chi connectivity index (χ1n) is 19.1. The molecule has 2 heterocycles. The highest BCUT2D eigenvalue weighted by Gasteiger charge is 2.36. The fourth-order valence-electron chi connectivity index (χ4n) is 6.35. The maximum absolute atomic E-state index is 14.4. The van der Waals surface area contributed by atoms with Gasteiger partial charge in [-0.3, -0.25) is 33.6 Å². The molecule has 2 aromatic carbocycles. The van der Waals surface area contributed by atoms with Crippen LogP contribution < -0.4 is 43.0 Å². The van der Waals surface area contributed by atoms with E-state index in [9.17, 15) is 38.7 Å². The molecule has 17 nitrogen and oxygen atoms in total. The molecule has 0 unspecified atom stereocenters. The minimum absolute atomic E-state index is 0.00344. The largest absolute Gasteiger partial charge is 0.391 e. The third-order valence-corrected chi connectivity index (χ3v) is 10.4. The van der Waals surface area contributed by atoms with Crippen LogP contribution in [-0.2, 0) is 46.4 Å². The molecule has 11 N–H and O–H groups in total. The average Bonchev–Trinajstić information content (AvgIpc) is 3.61. The first-order chi connectivity index (χ1) is 27.8. The summed E-state index contributed by atoms with van der Waals surface area (Å²) < 4.78 is 0. The number of carbonyl (C=O) groups excluding carboxylic acids is 7. The van der Waals surface area contributed by atoms with Crippen LogP contribution in [0.2, 0.25) is 0 Å². The van der Waals surface area contributed by atoms with Crippen LogP contribution in [-0.4, -0.2) is 118 Å². The lowest BCUT2D eigenvalue weighted by molar-refractivity contribution is -0.136. The quantitative estimate of drug-likeness (QED) is 0.0812. The lowest BCUT2D eigenvalue weighted by Crippen LogP contribution is -2.61. The molecule has 7 amide bonds. The summed E-state index contributed by atoms with van der Waals surface area (Å²) in [7, 11) is 0. The molecule has 314 valence electrons. The van der Waals surface area contributed by atoms with Gasteiger partial charge in [0.05, 0.1) is 6.10 Å². The highest BCUT2D eigenvalue weighted by molar-refractivity contribution is 7.80. The van der Waals surface area contributed by atoms with Crippen LogP contribution in [0, 0.1) is 0 Å². The number of para-hydroxylation sites is 1. The second kappa shape index (κ2) is 22.2. The summed E-state index contributed by atoms with van der Waals surface area (Å²) in [6.07, 6.45) is 1.18. The van der Waals surface area contributed by atoms with Crippen molar-refractivity contribution in [3.8, 4) is 0 Å². The molecular formula is C39H53N9O8S2. The number of carbonyl (C=O) groups is 7. The van der Waals surface area contributed by atoms with E-state index in [1.165, 1.54) is 13.8 Å². The number of hydrogen-bond donors (Lipinski definition) is 12. The van der Waals surface area contributed by atoms with Crippen LogP contribution in [0.15, 0.2) is 60.8 Å². The highest BCUT2D eigenvalue weighted by atomic mass is 32.1. The number of aliphatic hydroxyl groups is 1. The van der Waals surface area contributed by atoms with Crippen LogP contribution in [0.4, 0.5) is 0 Å². The van der Waals surface area contributed by atoms with Crippen molar-refractivity contribution in [2.24, 2.45) is 5.73 Å². The number of aliphatic hydroxyl groups excluding tert-OH is 1. The van der Waals surface area contributed by atoms with E-state index in [0.29, 0.717) is 30.5 Å². The number of rotatable bonds is 11. The Kier molecular flexibility index (Phi) is 17.4. The predicted molar refractivity (Wildman–Crippen MR) is 224 cm³/mol. The molecule has 0 bridgehead atoms. The number of fused-ring (bicyclic) bond motifs is 1. The van der Waals surface area contributed by atoms with Crippen molar-refractivity contribution in [1.82, 2.24) is 42.2 Å². The van der Waals surface area contributed by atoms with Gasteiger partial charge in [0.2, 0.25) is 41.4 Å². The van der Waals surface area contributed by atoms with E-state index >= 15 is 0 Å². The summed E-state index contributed by atoms with van der Waals surface area (Å²) in [5.74, 6) is -6.00. The molecule has 58 heavy (non-hydrogen) atoms. The molecule has 0 radical (unpaired) electrons. The van der Waals surface area contributed by atoms with E-state index in [1.807, 2.05) is 24.3 Å². The van der Waals surface area contributed by atoms with Crippen molar-refractivity contribution in [2.75, 3.05) is 18.1 Å². The fraction of sp³-hybridized carbons (Fsp3) is 0.462. The Labute approximate surface area is 347 Å². The van der Waals surface area contributed by atoms with Gasteiger partial charge in [-0.05, 0) is 56.8 Å². The van der Waals surface area contributed by atoms with Gasteiger partial charge in [-0.15, -0.1) is 0 Å². The Bertz CT molecular complexity index is 1910. The SMILES string of the molecule is C[C@@H]1NC(=O)[C@H](CS)NC(=O)[C@H]([C@@H](C)O)NC(=O)[C@H](CCCCN)NC(=O)[C@@H](Cc2c[nH]c3ccccc23)NC(=O)[C@H](Cc2ccccc2)NC(=O)[C@H](CS)NC1=O. The Balaban J connectivity index is 1.78. The Hall–Kier alpha value is -5.11. The van der Waals surface area contributed by atoms with Crippen molar-refractivity contribution in [3.05, 3.63) is 71.9 Å². The average molecular weight is 840 g/mol. The molecule has 0 saturated carbocycles. The number of amides is 7. The summed E-state index contributed by atoms with van der Waals surface area (Å²) in [4.78, 5) is 99.4. The first kappa shape index (κ1) is 45.6. The van der Waals surface area contributed by atoms with Crippen molar-refractivity contribution >= 4 is 77.5 Å². The number of aromatic nitrogens is 1. The summed E-state index contributed by atoms with van der Waals surface area (Å²) in [6.45, 7) is 2.93. The third kappa shape index (κ3) is 12.7. The van der Waals surface area contributed by atoms with Gasteiger partial charge in [0, 0.05) is 41.4 Å². The zero-order chi connectivity index (χ0) is 42.4. The molecule has 19 heteroatoms. The number of thiol groups is 2. The minimum atomic E-state index is -1.58. The minimum Gasteiger partial charge on any atom is -0.391 e. The van der Waals surface area contributed by atoms with Crippen LogP contribution in [0.25, 0.3) is 10.9 Å². The van der Waals surface area contributed by atoms with Gasteiger partial charge < -0.3 is 53.0 Å². The number of nitrogens with two attached hydrogens (primary N) is 1. The molecule has 8 atom stereocenters. The molecule has 0 aliphatic carbocycles. The van der Waals surface area contributed by atoms with Gasteiger partial charge in [0.15, 0.2) is 0 Å². The molecule has 1 aliphatic heterocycles. The van der Waals surface area contributed by atoms with Gasteiger partial charge in [-0.2, -0.15) is 25.3 Å². The Morgan fingerprint density at radius 3 is 1.76 bits per heavy atom. The lowest BCUT2D eigenvalue weighted by Gasteiger charge is -2.28. The van der Waals surface area contributed by atoms with E-state index in [0.717, 1.165) is 10.9 Å². The zero-order valence-corrected chi connectivity index (χ0v) is 34.1. The van der Waals surface area contributed by atoms with Crippen LogP contribution in [0.1, 0.15) is 44.2 Å². The number of benzene rings is 2. The van der Waals surface area contributed by atoms with Crippen molar-refractivity contribution in [1.29, 1.82) is 0 Å². The third-order valence-electron chi connectivity index (χ3n) is 9.67. The maximum Gasteiger partial charge on any atom is 0.245 e. The molecule has 4 rings (SSSR count). The molecule has 1 aromatic heterocycles. The van der Waals surface area contributed by atoms with Crippen molar-refractivity contribution in [2.45, 2.75) is 94.3 Å². The van der Waals surface area contributed by atoms with Gasteiger partial charge in [0.25, 0.3) is 0 Å². The summed E-state index contributed by atoms with van der Waals surface area (Å²) in [5, 5.41) is 29.6. The predicted octanol–water partition coefficient (Wildman–Crippen LogP) is -1.25. The zero-order valence-electron chi connectivity index (χ0n) is 32.3. The van der Waals surface area contributed by atoms with Gasteiger partial charge in [-0.25, -0.2) is 0 Å². The second-order valence-electron chi connectivity index (χ2n) is 14.2. The summed E-state index contributed by atoms with van der Waals surface area (Å²) >= 11 is 8.44. The lowest BCUT2D eigenvalue weighted by atomic mass is 10.0. The molecule has 1 fully saturated rings. The van der Waals surface area contributed by atoms with Gasteiger partial charge in [-0.1, -0.05) is 48.5 Å². The molecule has 3 aromatic rings. The smallest absolute Gasteiger partial charge is 0.245 e.